The first-order valence-corrected chi connectivity index (χ1v) is 5.57. The Labute approximate surface area is 101 Å². The minimum absolute atomic E-state index is 0. The zero-order valence-corrected chi connectivity index (χ0v) is 9.61. The van der Waals surface area contributed by atoms with E-state index in [2.05, 4.69) is 5.32 Å². The number of carbonyl (C=O) groups is 1. The summed E-state index contributed by atoms with van der Waals surface area (Å²) in [7, 11) is 0. The molecule has 1 heterocycles. The molecule has 1 amide bonds. The second kappa shape index (κ2) is 5.01. The molecule has 0 bridgehead atoms. The largest absolute Gasteiger partial charge is 0.412 e. The Balaban J connectivity index is 0.00000128. The molecule has 1 aliphatic heterocycles. The van der Waals surface area contributed by atoms with Crippen molar-refractivity contribution in [3.05, 3.63) is 24.0 Å². The van der Waals surface area contributed by atoms with Crippen molar-refractivity contribution in [1.82, 2.24) is 0 Å². The van der Waals surface area contributed by atoms with Crippen LogP contribution in [-0.4, -0.2) is 22.1 Å². The fourth-order valence-electron chi connectivity index (χ4n) is 1.24. The lowest BCUT2D eigenvalue weighted by molar-refractivity contribution is -0.117. The number of amides is 1. The Hall–Kier alpha value is -0.820. The summed E-state index contributed by atoms with van der Waals surface area (Å²) in [6.45, 7) is 0. The average molecular weight is 265 g/mol. The van der Waals surface area contributed by atoms with Gasteiger partial charge >= 0.3 is 0 Å². The zero-order chi connectivity index (χ0) is 11.0. The highest BCUT2D eigenvalue weighted by molar-refractivity contribution is 8.01. The van der Waals surface area contributed by atoms with Crippen LogP contribution in [0, 0.1) is 5.82 Å². The van der Waals surface area contributed by atoms with Crippen LogP contribution >= 0.6 is 23.4 Å². The number of halogens is 2. The summed E-state index contributed by atoms with van der Waals surface area (Å²) in [5.74, 6) is -0.947. The van der Waals surface area contributed by atoms with Gasteiger partial charge in [-0.2, -0.15) is 0 Å². The molecule has 0 radical (unpaired) electrons. The predicted octanol–water partition coefficient (Wildman–Crippen LogP) is 0.937. The average Bonchev–Trinajstić information content (AvgIpc) is 2.30. The van der Waals surface area contributed by atoms with Gasteiger partial charge in [0, 0.05) is 4.90 Å². The van der Waals surface area contributed by atoms with Crippen molar-refractivity contribution in [3.63, 3.8) is 0 Å². The van der Waals surface area contributed by atoms with E-state index in [1.807, 2.05) is 0 Å². The van der Waals surface area contributed by atoms with Crippen LogP contribution in [0.5, 0.6) is 0 Å². The van der Waals surface area contributed by atoms with Crippen molar-refractivity contribution in [1.29, 1.82) is 0 Å². The summed E-state index contributed by atoms with van der Waals surface area (Å²) in [5.41, 5.74) is 5.72. The van der Waals surface area contributed by atoms with E-state index in [4.69, 9.17) is 17.3 Å². The van der Waals surface area contributed by atoms with E-state index in [0.717, 1.165) is 0 Å². The fourth-order valence-corrected chi connectivity index (χ4v) is 2.58. The second-order valence-corrected chi connectivity index (χ2v) is 5.01. The number of hydrogen-bond acceptors (Lipinski definition) is 3. The molecule has 0 fully saturated rings. The molecule has 0 saturated heterocycles. The van der Waals surface area contributed by atoms with Gasteiger partial charge in [0.2, 0.25) is 5.91 Å². The van der Waals surface area contributed by atoms with E-state index in [1.165, 1.54) is 17.8 Å². The molecule has 0 spiro atoms. The number of rotatable bonds is 0. The van der Waals surface area contributed by atoms with E-state index in [1.54, 1.807) is 12.1 Å². The summed E-state index contributed by atoms with van der Waals surface area (Å²) in [6, 6.07) is 3.69. The topological polar surface area (TPSA) is 86.6 Å². The first-order valence-electron chi connectivity index (χ1n) is 4.25. The van der Waals surface area contributed by atoms with Crippen molar-refractivity contribution in [3.8, 4) is 0 Å². The molecule has 0 aromatic heterocycles. The Morgan fingerprint density at radius 3 is 2.88 bits per heavy atom. The van der Waals surface area contributed by atoms with Gasteiger partial charge in [0.05, 0.1) is 5.69 Å². The fraction of sp³-hybridized carbons (Fsp3) is 0.222. The van der Waals surface area contributed by atoms with Gasteiger partial charge in [0.25, 0.3) is 0 Å². The number of carbonyl (C=O) groups excluding carboxylic acids is 1. The number of alkyl halides is 1. The van der Waals surface area contributed by atoms with Gasteiger partial charge in [-0.3, -0.25) is 4.79 Å². The van der Waals surface area contributed by atoms with E-state index in [0.29, 0.717) is 4.90 Å². The van der Waals surface area contributed by atoms with Crippen LogP contribution < -0.4 is 11.1 Å². The molecule has 7 heteroatoms. The lowest BCUT2D eigenvalue weighted by Crippen LogP contribution is -2.40. The first-order chi connectivity index (χ1) is 7.09. The van der Waals surface area contributed by atoms with Crippen LogP contribution in [0.15, 0.2) is 23.1 Å². The molecule has 4 nitrogen and oxygen atoms in total. The van der Waals surface area contributed by atoms with Gasteiger partial charge in [-0.15, -0.1) is 23.4 Å². The molecule has 0 saturated carbocycles. The smallest absolute Gasteiger partial charge is 0.243 e. The molecule has 1 aliphatic rings. The minimum atomic E-state index is -0.844. The van der Waals surface area contributed by atoms with E-state index in [9.17, 15) is 9.18 Å². The van der Waals surface area contributed by atoms with Gasteiger partial charge in [0.1, 0.15) is 16.6 Å². The Bertz CT molecular complexity index is 418. The molecular formula is C9H10ClFN2O2S. The van der Waals surface area contributed by atoms with E-state index < -0.39 is 22.5 Å². The normalized spacial score (nSPS) is 23.8. The molecule has 5 N–H and O–H groups in total. The van der Waals surface area contributed by atoms with Gasteiger partial charge in [0.15, 0.2) is 0 Å². The lowest BCUT2D eigenvalue weighted by Gasteiger charge is -2.10. The van der Waals surface area contributed by atoms with E-state index >= 15 is 0 Å². The van der Waals surface area contributed by atoms with Crippen LogP contribution in [0.2, 0.25) is 0 Å². The van der Waals surface area contributed by atoms with Crippen molar-refractivity contribution in [2.24, 2.45) is 5.73 Å². The summed E-state index contributed by atoms with van der Waals surface area (Å²) >= 11 is 7.08. The third-order valence-corrected chi connectivity index (χ3v) is 3.70. The molecule has 2 rings (SSSR count). The number of fused-ring (bicyclic) bond motifs is 1. The number of thioether (sulfide) groups is 1. The quantitative estimate of drug-likeness (QED) is 0.684. The third kappa shape index (κ3) is 2.30. The zero-order valence-electron chi connectivity index (χ0n) is 8.04. The number of anilines is 1. The molecule has 1 aromatic carbocycles. The van der Waals surface area contributed by atoms with Crippen molar-refractivity contribution in [2.75, 3.05) is 5.32 Å². The van der Waals surface area contributed by atoms with Crippen LogP contribution in [0.25, 0.3) is 0 Å². The third-order valence-electron chi connectivity index (χ3n) is 2.05. The monoisotopic (exact) mass is 264 g/mol. The van der Waals surface area contributed by atoms with Crippen LogP contribution in [-0.2, 0) is 4.79 Å². The van der Waals surface area contributed by atoms with Crippen LogP contribution in [0.4, 0.5) is 10.1 Å². The number of nitrogens with two attached hydrogens (primary N) is 1. The lowest BCUT2D eigenvalue weighted by atomic mass is 10.2. The standard InChI is InChI=1S/C9H8ClFN2OS.H2O/c10-8-6(12)9(14)13-7-4(11)2-1-3-5(7)15-8;/h1-3,6,8H,12H2,(H,13,14);1H2/t6-,8?;/m0./s1. The molecule has 1 aromatic rings. The first kappa shape index (κ1) is 13.2. The highest BCUT2D eigenvalue weighted by Crippen LogP contribution is 2.37. The molecule has 88 valence electrons. The highest BCUT2D eigenvalue weighted by atomic mass is 35.5. The molecule has 1 unspecified atom stereocenters. The molecular weight excluding hydrogens is 255 g/mol. The van der Waals surface area contributed by atoms with Crippen molar-refractivity contribution >= 4 is 35.0 Å². The van der Waals surface area contributed by atoms with Crippen LogP contribution in [0.1, 0.15) is 0 Å². The minimum Gasteiger partial charge on any atom is -0.412 e. The maximum Gasteiger partial charge on any atom is 0.243 e. The van der Waals surface area contributed by atoms with Gasteiger partial charge in [-0.25, -0.2) is 4.39 Å². The maximum absolute atomic E-state index is 13.4. The highest BCUT2D eigenvalue weighted by Gasteiger charge is 2.29. The SMILES string of the molecule is N[C@@H]1C(=O)Nc2c(F)cccc2SC1Cl.O. The maximum atomic E-state index is 13.4. The summed E-state index contributed by atoms with van der Waals surface area (Å²) in [6.07, 6.45) is 0. The molecule has 0 aliphatic carbocycles. The molecule has 16 heavy (non-hydrogen) atoms. The number of para-hydroxylation sites is 1. The Kier molecular flexibility index (Phi) is 4.15. The van der Waals surface area contributed by atoms with Gasteiger partial charge in [-0.05, 0) is 12.1 Å². The predicted molar refractivity (Wildman–Crippen MR) is 62.1 cm³/mol. The van der Waals surface area contributed by atoms with E-state index in [-0.39, 0.29) is 11.2 Å². The van der Waals surface area contributed by atoms with Crippen LogP contribution in [0.3, 0.4) is 0 Å². The summed E-state index contributed by atoms with van der Waals surface area (Å²) in [4.78, 5) is 12.0. The molecule has 2 atom stereocenters. The van der Waals surface area contributed by atoms with Gasteiger partial charge in [-0.1, -0.05) is 6.07 Å². The Morgan fingerprint density at radius 1 is 1.50 bits per heavy atom. The second-order valence-electron chi connectivity index (χ2n) is 3.10. The number of hydrogen-bond donors (Lipinski definition) is 2. The summed E-state index contributed by atoms with van der Waals surface area (Å²) < 4.78 is 12.8. The number of benzene rings is 1. The van der Waals surface area contributed by atoms with Gasteiger partial charge < -0.3 is 16.5 Å². The summed E-state index contributed by atoms with van der Waals surface area (Å²) in [5, 5.41) is 2.43. The number of nitrogens with one attached hydrogen (secondary N) is 1. The van der Waals surface area contributed by atoms with Crippen molar-refractivity contribution < 1.29 is 14.7 Å². The van der Waals surface area contributed by atoms with Crippen molar-refractivity contribution in [2.45, 2.75) is 15.6 Å². The Morgan fingerprint density at radius 2 is 2.19 bits per heavy atom.